The first kappa shape index (κ1) is 23.9. The van der Waals surface area contributed by atoms with Gasteiger partial charge in [0, 0.05) is 41.9 Å². The molecular weight excluding hydrogens is 480 g/mol. The normalized spacial score (nSPS) is 17.2. The van der Waals surface area contributed by atoms with Crippen LogP contribution in [0.25, 0.3) is 5.57 Å². The van der Waals surface area contributed by atoms with Crippen LogP contribution in [0.1, 0.15) is 24.0 Å². The van der Waals surface area contributed by atoms with Crippen LogP contribution in [0.5, 0.6) is 5.75 Å². The van der Waals surface area contributed by atoms with Crippen molar-refractivity contribution in [3.05, 3.63) is 75.0 Å². The quantitative estimate of drug-likeness (QED) is 0.461. The molecule has 2 N–H and O–H groups in total. The van der Waals surface area contributed by atoms with Crippen molar-refractivity contribution in [3.63, 3.8) is 0 Å². The number of hydrogen-bond acceptors (Lipinski definition) is 7. The number of nitro groups is 1. The van der Waals surface area contributed by atoms with Gasteiger partial charge in [-0.05, 0) is 59.9 Å². The highest BCUT2D eigenvalue weighted by Gasteiger charge is 2.26. The molecule has 5 rings (SSSR count). The van der Waals surface area contributed by atoms with Gasteiger partial charge in [-0.25, -0.2) is 0 Å². The van der Waals surface area contributed by atoms with E-state index in [1.807, 2.05) is 40.9 Å². The highest BCUT2D eigenvalue weighted by atomic mass is 32.2. The third-order valence-electron chi connectivity index (χ3n) is 6.63. The van der Waals surface area contributed by atoms with Gasteiger partial charge in [0.1, 0.15) is 0 Å². The number of nitrogens with one attached hydrogen (secondary N) is 2. The predicted molar refractivity (Wildman–Crippen MR) is 140 cm³/mol. The smallest absolute Gasteiger partial charge is 0.310 e. The molecule has 2 aliphatic heterocycles. The number of rotatable bonds is 5. The molecule has 0 atom stereocenters. The predicted octanol–water partition coefficient (Wildman–Crippen LogP) is 4.22. The molecular formula is C26H26N4O5S. The van der Waals surface area contributed by atoms with E-state index in [1.165, 1.54) is 13.2 Å². The van der Waals surface area contributed by atoms with Gasteiger partial charge in [-0.2, -0.15) is 11.8 Å². The topological polar surface area (TPSA) is 114 Å². The molecule has 2 heterocycles. The van der Waals surface area contributed by atoms with E-state index >= 15 is 0 Å². The largest absolute Gasteiger partial charge is 0.490 e. The summed E-state index contributed by atoms with van der Waals surface area (Å²) in [6, 6.07) is 10.4. The summed E-state index contributed by atoms with van der Waals surface area (Å²) in [7, 11) is 1.41. The molecule has 1 saturated heterocycles. The Morgan fingerprint density at radius 2 is 1.92 bits per heavy atom. The molecule has 3 aliphatic rings. The number of benzene rings is 2. The fourth-order valence-electron chi connectivity index (χ4n) is 4.69. The number of allylic oxidation sites excluding steroid dienone is 2. The van der Waals surface area contributed by atoms with Crippen LogP contribution in [-0.4, -0.2) is 53.3 Å². The standard InChI is InChI=1S/C26H26N4O5S/c1-35-24-15-18(4-7-23(24)30(33)34)17-3-5-19-21(14-17)27-22-12-16(2-6-20(22)28-26(19)32)13-25(31)29-8-10-36-11-9-29/h2,4,6-7,12,14-15,27H,3,5,8-11,13H2,1H3,(H,28,32). The van der Waals surface area contributed by atoms with E-state index in [9.17, 15) is 19.7 Å². The second kappa shape index (κ2) is 10.1. The van der Waals surface area contributed by atoms with E-state index in [0.29, 0.717) is 36.2 Å². The molecule has 2 aromatic carbocycles. The van der Waals surface area contributed by atoms with E-state index < -0.39 is 4.92 Å². The third-order valence-corrected chi connectivity index (χ3v) is 7.57. The molecule has 0 saturated carbocycles. The van der Waals surface area contributed by atoms with E-state index in [0.717, 1.165) is 47.0 Å². The molecule has 0 bridgehead atoms. The van der Waals surface area contributed by atoms with Crippen molar-refractivity contribution in [2.24, 2.45) is 0 Å². The molecule has 1 aliphatic carbocycles. The summed E-state index contributed by atoms with van der Waals surface area (Å²) in [6.45, 7) is 1.56. The van der Waals surface area contributed by atoms with Gasteiger partial charge in [-0.3, -0.25) is 19.7 Å². The number of hydrogen-bond donors (Lipinski definition) is 2. The summed E-state index contributed by atoms with van der Waals surface area (Å²) >= 11 is 1.86. The molecule has 0 radical (unpaired) electrons. The van der Waals surface area contributed by atoms with Gasteiger partial charge in [0.25, 0.3) is 5.91 Å². The van der Waals surface area contributed by atoms with E-state index in [2.05, 4.69) is 10.6 Å². The molecule has 0 spiro atoms. The molecule has 0 aromatic heterocycles. The highest BCUT2D eigenvalue weighted by Crippen LogP contribution is 2.38. The second-order valence-electron chi connectivity index (χ2n) is 8.83. The van der Waals surface area contributed by atoms with Crippen LogP contribution in [0.4, 0.5) is 17.1 Å². The average molecular weight is 507 g/mol. The first-order valence-electron chi connectivity index (χ1n) is 11.8. The number of ether oxygens (including phenoxy) is 1. The Kier molecular flexibility index (Phi) is 6.69. The molecule has 0 unspecified atom stereocenters. The molecule has 2 amide bonds. The van der Waals surface area contributed by atoms with E-state index in [1.54, 1.807) is 12.1 Å². The van der Waals surface area contributed by atoms with Gasteiger partial charge in [0.2, 0.25) is 5.91 Å². The Morgan fingerprint density at radius 3 is 2.67 bits per heavy atom. The first-order chi connectivity index (χ1) is 17.4. The summed E-state index contributed by atoms with van der Waals surface area (Å²) in [4.78, 5) is 38.4. The lowest BCUT2D eigenvalue weighted by molar-refractivity contribution is -0.385. The monoisotopic (exact) mass is 506 g/mol. The lowest BCUT2D eigenvalue weighted by Crippen LogP contribution is -2.38. The number of carbonyl (C=O) groups is 2. The number of nitrogens with zero attached hydrogens (tertiary/aromatic N) is 2. The zero-order chi connectivity index (χ0) is 25.2. The van der Waals surface area contributed by atoms with Gasteiger partial charge in [0.15, 0.2) is 5.75 Å². The summed E-state index contributed by atoms with van der Waals surface area (Å²) in [5, 5.41) is 17.6. The molecule has 10 heteroatoms. The van der Waals surface area contributed by atoms with Crippen LogP contribution in [-0.2, 0) is 16.0 Å². The molecule has 2 aromatic rings. The van der Waals surface area contributed by atoms with Crippen molar-refractivity contribution in [1.29, 1.82) is 0 Å². The second-order valence-corrected chi connectivity index (χ2v) is 10.1. The number of thioether (sulfide) groups is 1. The summed E-state index contributed by atoms with van der Waals surface area (Å²) in [5.41, 5.74) is 5.24. The maximum Gasteiger partial charge on any atom is 0.310 e. The van der Waals surface area contributed by atoms with Crippen LogP contribution in [0.3, 0.4) is 0 Å². The van der Waals surface area contributed by atoms with Crippen LogP contribution in [0, 0.1) is 10.1 Å². The van der Waals surface area contributed by atoms with Crippen molar-refractivity contribution < 1.29 is 19.2 Å². The van der Waals surface area contributed by atoms with Gasteiger partial charge in [-0.15, -0.1) is 0 Å². The van der Waals surface area contributed by atoms with Gasteiger partial charge in [0.05, 0.1) is 29.8 Å². The Morgan fingerprint density at radius 1 is 1.11 bits per heavy atom. The number of methoxy groups -OCH3 is 1. The average Bonchev–Trinajstić information content (AvgIpc) is 3.03. The molecule has 9 nitrogen and oxygen atoms in total. The third kappa shape index (κ3) is 4.81. The highest BCUT2D eigenvalue weighted by molar-refractivity contribution is 7.99. The number of anilines is 2. The molecule has 1 fully saturated rings. The lowest BCUT2D eigenvalue weighted by atomic mass is 9.90. The van der Waals surface area contributed by atoms with E-state index in [-0.39, 0.29) is 23.3 Å². The van der Waals surface area contributed by atoms with Crippen molar-refractivity contribution in [2.45, 2.75) is 19.3 Å². The number of carbonyl (C=O) groups excluding carboxylic acids is 2. The number of amides is 2. The van der Waals surface area contributed by atoms with Crippen LogP contribution >= 0.6 is 11.8 Å². The SMILES string of the molecule is COc1cc(C2=CC3=C(CC2)C(=O)Nc2ccc(CC(=O)N4CCSCC4)cc2N3)ccc1[N+](=O)[O-]. The van der Waals surface area contributed by atoms with Crippen LogP contribution in [0.15, 0.2) is 53.7 Å². The van der Waals surface area contributed by atoms with Gasteiger partial charge < -0.3 is 20.3 Å². The zero-order valence-corrected chi connectivity index (χ0v) is 20.7. The Hall–Kier alpha value is -3.79. The molecule has 36 heavy (non-hydrogen) atoms. The van der Waals surface area contributed by atoms with Crippen molar-refractivity contribution in [1.82, 2.24) is 4.90 Å². The lowest BCUT2D eigenvalue weighted by Gasteiger charge is -2.26. The first-order valence-corrected chi connectivity index (χ1v) is 12.9. The Labute approximate surface area is 212 Å². The van der Waals surface area contributed by atoms with Crippen molar-refractivity contribution in [3.8, 4) is 5.75 Å². The minimum atomic E-state index is -0.473. The summed E-state index contributed by atoms with van der Waals surface area (Å²) < 4.78 is 5.22. The van der Waals surface area contributed by atoms with Crippen molar-refractivity contribution in [2.75, 3.05) is 42.3 Å². The maximum atomic E-state index is 12.9. The van der Waals surface area contributed by atoms with E-state index in [4.69, 9.17) is 4.74 Å². The maximum absolute atomic E-state index is 12.9. The zero-order valence-electron chi connectivity index (χ0n) is 19.8. The minimum absolute atomic E-state index is 0.0937. The van der Waals surface area contributed by atoms with Gasteiger partial charge >= 0.3 is 5.69 Å². The Balaban J connectivity index is 1.41. The minimum Gasteiger partial charge on any atom is -0.490 e. The fourth-order valence-corrected chi connectivity index (χ4v) is 5.59. The molecule has 186 valence electrons. The van der Waals surface area contributed by atoms with Crippen LogP contribution in [0.2, 0.25) is 0 Å². The van der Waals surface area contributed by atoms with Crippen molar-refractivity contribution >= 4 is 46.2 Å². The fraction of sp³-hybridized carbons (Fsp3) is 0.308. The number of fused-ring (bicyclic) bond motifs is 1. The summed E-state index contributed by atoms with van der Waals surface area (Å²) in [6.07, 6.45) is 3.35. The van der Waals surface area contributed by atoms with Crippen LogP contribution < -0.4 is 15.4 Å². The Bertz CT molecular complexity index is 1310. The summed E-state index contributed by atoms with van der Waals surface area (Å²) in [5.74, 6) is 2.07. The number of nitro benzene ring substituents is 1. The van der Waals surface area contributed by atoms with Gasteiger partial charge in [-0.1, -0.05) is 6.07 Å².